The highest BCUT2D eigenvalue weighted by Gasteiger charge is 2.24. The monoisotopic (exact) mass is 377 g/mol. The fourth-order valence-electron chi connectivity index (χ4n) is 3.53. The van der Waals surface area contributed by atoms with Crippen LogP contribution in [0.2, 0.25) is 0 Å². The summed E-state index contributed by atoms with van der Waals surface area (Å²) in [5.41, 5.74) is 10.8. The van der Waals surface area contributed by atoms with Gasteiger partial charge in [-0.15, -0.1) is 0 Å². The van der Waals surface area contributed by atoms with Crippen LogP contribution in [0.4, 0.5) is 5.95 Å². The zero-order valence-corrected chi connectivity index (χ0v) is 15.7. The second kappa shape index (κ2) is 7.44. The molecule has 0 spiro atoms. The number of piperidine rings is 1. The molecule has 1 aliphatic heterocycles. The van der Waals surface area contributed by atoms with E-state index in [2.05, 4.69) is 21.0 Å². The highest BCUT2D eigenvalue weighted by atomic mass is 16.3. The fraction of sp³-hybridized carbons (Fsp3) is 0.286. The normalized spacial score (nSPS) is 15.0. The van der Waals surface area contributed by atoms with Crippen LogP contribution in [-0.2, 0) is 0 Å². The van der Waals surface area contributed by atoms with Crippen LogP contribution in [0, 0.1) is 6.92 Å². The first-order valence-corrected chi connectivity index (χ1v) is 9.37. The number of aryl methyl sites for hydroxylation is 1. The number of benzene rings is 1. The van der Waals surface area contributed by atoms with Gasteiger partial charge in [0.15, 0.2) is 0 Å². The molecule has 1 aromatic carbocycles. The van der Waals surface area contributed by atoms with Crippen molar-refractivity contribution in [1.82, 2.24) is 19.9 Å². The lowest BCUT2D eigenvalue weighted by molar-refractivity contribution is 0.0542. The zero-order chi connectivity index (χ0) is 19.7. The molecule has 0 unspecified atom stereocenters. The Hall–Kier alpha value is -3.19. The van der Waals surface area contributed by atoms with E-state index in [4.69, 9.17) is 5.73 Å². The maximum absolute atomic E-state index is 12.8. The van der Waals surface area contributed by atoms with Gasteiger partial charge in [-0.05, 0) is 31.4 Å². The second-order valence-electron chi connectivity index (χ2n) is 7.19. The topological polar surface area (TPSA) is 108 Å². The van der Waals surface area contributed by atoms with Crippen LogP contribution in [0.5, 0.6) is 0 Å². The Morgan fingerprint density at radius 1 is 1.25 bits per heavy atom. The molecule has 28 heavy (non-hydrogen) atoms. The Bertz CT molecular complexity index is 1010. The van der Waals surface area contributed by atoms with Crippen LogP contribution in [0.3, 0.4) is 0 Å². The summed E-state index contributed by atoms with van der Waals surface area (Å²) in [6, 6.07) is 9.89. The molecule has 4 N–H and O–H groups in total. The maximum atomic E-state index is 12.8. The summed E-state index contributed by atoms with van der Waals surface area (Å²) in [6.07, 6.45) is 4.39. The van der Waals surface area contributed by atoms with Crippen LogP contribution >= 0.6 is 0 Å². The number of likely N-dealkylation sites (tertiary alicyclic amines) is 1. The summed E-state index contributed by atoms with van der Waals surface area (Å²) in [7, 11) is 0. The van der Waals surface area contributed by atoms with E-state index in [0.29, 0.717) is 37.3 Å². The van der Waals surface area contributed by atoms with E-state index < -0.39 is 0 Å². The van der Waals surface area contributed by atoms with Crippen molar-refractivity contribution in [2.24, 2.45) is 0 Å². The van der Waals surface area contributed by atoms with E-state index >= 15 is 0 Å². The minimum Gasteiger partial charge on any atom is -0.393 e. The number of hydrogen-bond acceptors (Lipinski definition) is 5. The van der Waals surface area contributed by atoms with Gasteiger partial charge in [-0.25, -0.2) is 9.97 Å². The van der Waals surface area contributed by atoms with E-state index in [0.717, 1.165) is 22.3 Å². The van der Waals surface area contributed by atoms with E-state index in [1.54, 1.807) is 23.4 Å². The molecule has 1 saturated heterocycles. The number of rotatable bonds is 3. The predicted octanol–water partition coefficient (Wildman–Crippen LogP) is 2.63. The van der Waals surface area contributed by atoms with Crippen LogP contribution in [0.25, 0.3) is 22.4 Å². The molecular formula is C21H23N5O2. The van der Waals surface area contributed by atoms with Crippen molar-refractivity contribution in [1.29, 1.82) is 0 Å². The summed E-state index contributed by atoms with van der Waals surface area (Å²) in [5, 5.41) is 9.64. The smallest absolute Gasteiger partial charge is 0.270 e. The summed E-state index contributed by atoms with van der Waals surface area (Å²) in [4.78, 5) is 26.2. The number of carbonyl (C=O) groups excluding carboxylic acids is 1. The molecule has 0 saturated carbocycles. The van der Waals surface area contributed by atoms with Crippen LogP contribution < -0.4 is 5.73 Å². The number of carbonyl (C=O) groups is 1. The SMILES string of the molecule is Cc1cccc(-c2cnc(N)nc2-c2c[nH]c(C(=O)N3CCC(O)CC3)c2)c1. The number of anilines is 1. The van der Waals surface area contributed by atoms with Crippen molar-refractivity contribution < 1.29 is 9.90 Å². The molecule has 1 fully saturated rings. The number of H-pyrrole nitrogens is 1. The van der Waals surface area contributed by atoms with Gasteiger partial charge >= 0.3 is 0 Å². The Labute approximate surface area is 163 Å². The number of hydrogen-bond donors (Lipinski definition) is 3. The van der Waals surface area contributed by atoms with Gasteiger partial charge in [-0.1, -0.05) is 29.8 Å². The molecule has 0 radical (unpaired) electrons. The number of aromatic nitrogens is 3. The Kier molecular flexibility index (Phi) is 4.83. The van der Waals surface area contributed by atoms with Crippen molar-refractivity contribution >= 4 is 11.9 Å². The van der Waals surface area contributed by atoms with Gasteiger partial charge < -0.3 is 20.7 Å². The Balaban J connectivity index is 1.67. The van der Waals surface area contributed by atoms with Gasteiger partial charge in [0.05, 0.1) is 11.8 Å². The molecule has 1 aliphatic rings. The van der Waals surface area contributed by atoms with Crippen molar-refractivity contribution in [2.45, 2.75) is 25.9 Å². The molecule has 0 bridgehead atoms. The van der Waals surface area contributed by atoms with Gasteiger partial charge in [-0.3, -0.25) is 4.79 Å². The molecule has 1 amide bonds. The van der Waals surface area contributed by atoms with E-state index in [1.807, 2.05) is 25.1 Å². The van der Waals surface area contributed by atoms with Crippen LogP contribution in [0.15, 0.2) is 42.7 Å². The molecule has 7 heteroatoms. The Morgan fingerprint density at radius 2 is 2.04 bits per heavy atom. The van der Waals surface area contributed by atoms with Gasteiger partial charge in [0.1, 0.15) is 5.69 Å². The van der Waals surface area contributed by atoms with E-state index in [9.17, 15) is 9.90 Å². The van der Waals surface area contributed by atoms with Gasteiger partial charge in [0, 0.05) is 36.6 Å². The third-order valence-electron chi connectivity index (χ3n) is 5.08. The average Bonchev–Trinajstić information content (AvgIpc) is 3.18. The number of nitrogens with zero attached hydrogens (tertiary/aromatic N) is 3. The first-order chi connectivity index (χ1) is 13.5. The first kappa shape index (κ1) is 18.2. The molecule has 0 aliphatic carbocycles. The van der Waals surface area contributed by atoms with Gasteiger partial charge in [0.25, 0.3) is 5.91 Å². The van der Waals surface area contributed by atoms with Gasteiger partial charge in [-0.2, -0.15) is 0 Å². The maximum Gasteiger partial charge on any atom is 0.270 e. The van der Waals surface area contributed by atoms with Crippen LogP contribution in [-0.4, -0.2) is 50.1 Å². The number of aromatic amines is 1. The summed E-state index contributed by atoms with van der Waals surface area (Å²) < 4.78 is 0. The lowest BCUT2D eigenvalue weighted by atomic mass is 10.0. The number of nitrogen functional groups attached to an aromatic ring is 1. The average molecular weight is 377 g/mol. The molecule has 3 aromatic rings. The summed E-state index contributed by atoms with van der Waals surface area (Å²) in [5.74, 6) is 0.114. The molecule has 2 aromatic heterocycles. The lowest BCUT2D eigenvalue weighted by Gasteiger charge is -2.29. The molecule has 3 heterocycles. The Morgan fingerprint density at radius 3 is 2.79 bits per heavy atom. The number of nitrogens with two attached hydrogens (primary N) is 1. The summed E-state index contributed by atoms with van der Waals surface area (Å²) in [6.45, 7) is 3.15. The predicted molar refractivity (Wildman–Crippen MR) is 108 cm³/mol. The number of aliphatic hydroxyl groups is 1. The third kappa shape index (κ3) is 3.61. The third-order valence-corrected chi connectivity index (χ3v) is 5.08. The molecule has 7 nitrogen and oxygen atoms in total. The zero-order valence-electron chi connectivity index (χ0n) is 15.7. The van der Waals surface area contributed by atoms with E-state index in [-0.39, 0.29) is 18.0 Å². The van der Waals surface area contributed by atoms with Crippen molar-refractivity contribution in [2.75, 3.05) is 18.8 Å². The first-order valence-electron chi connectivity index (χ1n) is 9.37. The number of nitrogens with one attached hydrogen (secondary N) is 1. The highest BCUT2D eigenvalue weighted by Crippen LogP contribution is 2.31. The van der Waals surface area contributed by atoms with E-state index in [1.165, 1.54) is 0 Å². The van der Waals surface area contributed by atoms with Crippen molar-refractivity contribution in [3.8, 4) is 22.4 Å². The minimum absolute atomic E-state index is 0.0720. The molecule has 144 valence electrons. The quantitative estimate of drug-likeness (QED) is 0.650. The van der Waals surface area contributed by atoms with Crippen molar-refractivity contribution in [3.05, 3.63) is 54.0 Å². The fourth-order valence-corrected chi connectivity index (χ4v) is 3.53. The van der Waals surface area contributed by atoms with Gasteiger partial charge in [0.2, 0.25) is 5.95 Å². The standard InChI is InChI=1S/C21H23N5O2/c1-13-3-2-4-14(9-13)17-12-24-21(22)25-19(17)15-10-18(23-11-15)20(28)26-7-5-16(27)6-8-26/h2-4,9-12,16,23,27H,5-8H2,1H3,(H2,22,24,25). The van der Waals surface area contributed by atoms with Crippen molar-refractivity contribution in [3.63, 3.8) is 0 Å². The molecular weight excluding hydrogens is 354 g/mol. The largest absolute Gasteiger partial charge is 0.393 e. The summed E-state index contributed by atoms with van der Waals surface area (Å²) >= 11 is 0. The highest BCUT2D eigenvalue weighted by molar-refractivity contribution is 5.94. The molecule has 4 rings (SSSR count). The van der Waals surface area contributed by atoms with Crippen LogP contribution in [0.1, 0.15) is 28.9 Å². The second-order valence-corrected chi connectivity index (χ2v) is 7.19. The number of aliphatic hydroxyl groups excluding tert-OH is 1. The minimum atomic E-state index is -0.316. The lowest BCUT2D eigenvalue weighted by Crippen LogP contribution is -2.40. The molecule has 0 atom stereocenters. The number of amides is 1.